The number of sulfonamides is 1. The fourth-order valence-electron chi connectivity index (χ4n) is 3.87. The number of ether oxygens (including phenoxy) is 1. The Morgan fingerprint density at radius 1 is 0.714 bits per heavy atom. The number of fused-ring (bicyclic) bond motifs is 1. The molecule has 1 aliphatic rings. The van der Waals surface area contributed by atoms with Gasteiger partial charge in [-0.25, -0.2) is 13.3 Å². The predicted molar refractivity (Wildman–Crippen MR) is 133 cm³/mol. The molecule has 1 N–H and O–H groups in total. The van der Waals surface area contributed by atoms with Gasteiger partial charge in [-0.1, -0.05) is 36.4 Å². The molecule has 174 valence electrons. The molecule has 0 spiro atoms. The molecule has 5 rings (SSSR count). The van der Waals surface area contributed by atoms with E-state index in [1.165, 1.54) is 6.07 Å². The van der Waals surface area contributed by atoms with E-state index in [0.29, 0.717) is 33.9 Å². The number of anilines is 2. The van der Waals surface area contributed by atoms with Crippen molar-refractivity contribution in [1.29, 1.82) is 0 Å². The third-order valence-electron chi connectivity index (χ3n) is 5.60. The normalized spacial score (nSPS) is 13.0. The summed E-state index contributed by atoms with van der Waals surface area (Å²) in [7, 11) is -4.01. The summed E-state index contributed by atoms with van der Waals surface area (Å²) in [5.74, 6) is 0.254. The number of carbonyl (C=O) groups excluding carboxylic acids is 2. The van der Waals surface area contributed by atoms with Crippen LogP contribution < -0.4 is 14.4 Å². The maximum absolute atomic E-state index is 13.2. The van der Waals surface area contributed by atoms with E-state index >= 15 is 0 Å². The monoisotopic (exact) mass is 484 g/mol. The third-order valence-corrected chi connectivity index (χ3v) is 7.12. The van der Waals surface area contributed by atoms with Crippen LogP contribution in [0.3, 0.4) is 0 Å². The number of benzene rings is 4. The fraction of sp³-hybridized carbons (Fsp3) is 0.0370. The molecule has 35 heavy (non-hydrogen) atoms. The summed E-state index contributed by atoms with van der Waals surface area (Å²) < 4.78 is 34.7. The molecule has 0 aromatic heterocycles. The summed E-state index contributed by atoms with van der Waals surface area (Å²) in [5, 5.41) is 0. The van der Waals surface area contributed by atoms with E-state index in [4.69, 9.17) is 4.74 Å². The molecule has 7 nitrogen and oxygen atoms in total. The second-order valence-corrected chi connectivity index (χ2v) is 9.64. The van der Waals surface area contributed by atoms with Gasteiger partial charge in [0, 0.05) is 5.69 Å². The van der Waals surface area contributed by atoms with Crippen LogP contribution in [0, 0.1) is 6.92 Å². The van der Waals surface area contributed by atoms with Gasteiger partial charge in [-0.2, -0.15) is 0 Å². The Labute approximate surface area is 202 Å². The number of hydrogen-bond acceptors (Lipinski definition) is 5. The smallest absolute Gasteiger partial charge is 0.266 e. The Kier molecular flexibility index (Phi) is 5.58. The lowest BCUT2D eigenvalue weighted by molar-refractivity contribution is 0.0926. The maximum atomic E-state index is 13.2. The number of carbonyl (C=O) groups is 2. The van der Waals surface area contributed by atoms with Gasteiger partial charge in [0.1, 0.15) is 11.5 Å². The number of nitrogens with zero attached hydrogens (tertiary/aromatic N) is 1. The number of hydrogen-bond donors (Lipinski definition) is 1. The van der Waals surface area contributed by atoms with Gasteiger partial charge in [0.25, 0.3) is 21.8 Å². The highest BCUT2D eigenvalue weighted by Gasteiger charge is 2.36. The molecule has 2 amide bonds. The number of nitrogens with one attached hydrogen (secondary N) is 1. The van der Waals surface area contributed by atoms with E-state index in [1.807, 2.05) is 30.3 Å². The number of amides is 2. The third kappa shape index (κ3) is 4.27. The first-order valence-corrected chi connectivity index (χ1v) is 12.3. The zero-order valence-electron chi connectivity index (χ0n) is 18.6. The molecule has 0 saturated heterocycles. The van der Waals surface area contributed by atoms with Gasteiger partial charge >= 0.3 is 0 Å². The summed E-state index contributed by atoms with van der Waals surface area (Å²) in [6, 6.07) is 26.7. The standard InChI is InChI=1S/C27H20N2O5S/c1-18-11-14-20(29-26(30)23-9-5-6-10-24(23)27(29)31)17-25(18)35(32,33)28-19-12-15-22(16-13-19)34-21-7-3-2-4-8-21/h2-17,28H,1H3. The van der Waals surface area contributed by atoms with Crippen LogP contribution in [0.25, 0.3) is 0 Å². The first kappa shape index (κ1) is 22.4. The second kappa shape index (κ2) is 8.73. The molecule has 0 saturated carbocycles. The average molecular weight is 485 g/mol. The maximum Gasteiger partial charge on any atom is 0.266 e. The van der Waals surface area contributed by atoms with E-state index in [2.05, 4.69) is 4.72 Å². The molecule has 1 heterocycles. The SMILES string of the molecule is Cc1ccc(N2C(=O)c3ccccc3C2=O)cc1S(=O)(=O)Nc1ccc(Oc2ccccc2)cc1. The molecule has 0 unspecified atom stereocenters. The molecule has 4 aromatic carbocycles. The van der Waals surface area contributed by atoms with Gasteiger partial charge in [0.2, 0.25) is 0 Å². The Hall–Kier alpha value is -4.43. The van der Waals surface area contributed by atoms with Crippen LogP contribution >= 0.6 is 0 Å². The Morgan fingerprint density at radius 3 is 1.91 bits per heavy atom. The van der Waals surface area contributed by atoms with Crippen molar-refractivity contribution in [2.45, 2.75) is 11.8 Å². The minimum absolute atomic E-state index is 0.0313. The molecule has 4 aromatic rings. The minimum Gasteiger partial charge on any atom is -0.457 e. The van der Waals surface area contributed by atoms with Crippen LogP contribution in [0.2, 0.25) is 0 Å². The lowest BCUT2D eigenvalue weighted by atomic mass is 10.1. The Morgan fingerprint density at radius 2 is 1.29 bits per heavy atom. The minimum atomic E-state index is -4.01. The van der Waals surface area contributed by atoms with Gasteiger partial charge in [-0.15, -0.1) is 0 Å². The van der Waals surface area contributed by atoms with Crippen molar-refractivity contribution in [2.75, 3.05) is 9.62 Å². The Bertz CT molecular complexity index is 1510. The number of aryl methyl sites for hydroxylation is 1. The van der Waals surface area contributed by atoms with Crippen molar-refractivity contribution in [2.24, 2.45) is 0 Å². The highest BCUT2D eigenvalue weighted by atomic mass is 32.2. The van der Waals surface area contributed by atoms with Crippen molar-refractivity contribution in [1.82, 2.24) is 0 Å². The first-order valence-electron chi connectivity index (χ1n) is 10.8. The number of imide groups is 1. The van der Waals surface area contributed by atoms with E-state index < -0.39 is 21.8 Å². The van der Waals surface area contributed by atoms with Gasteiger partial charge < -0.3 is 4.74 Å². The number of rotatable bonds is 6. The molecule has 8 heteroatoms. The summed E-state index contributed by atoms with van der Waals surface area (Å²) in [6.45, 7) is 1.65. The Balaban J connectivity index is 1.39. The molecule has 0 aliphatic carbocycles. The van der Waals surface area contributed by atoms with Crippen molar-refractivity contribution in [3.05, 3.63) is 114 Å². The van der Waals surface area contributed by atoms with Crippen molar-refractivity contribution in [3.8, 4) is 11.5 Å². The van der Waals surface area contributed by atoms with Crippen molar-refractivity contribution >= 4 is 33.2 Å². The summed E-state index contributed by atoms with van der Waals surface area (Å²) in [6.07, 6.45) is 0. The quantitative estimate of drug-likeness (QED) is 0.371. The second-order valence-electron chi connectivity index (χ2n) is 7.99. The zero-order valence-corrected chi connectivity index (χ0v) is 19.5. The van der Waals surface area contributed by atoms with E-state index in [0.717, 1.165) is 4.90 Å². The zero-order chi connectivity index (χ0) is 24.6. The average Bonchev–Trinajstić information content (AvgIpc) is 3.11. The molecule has 0 fully saturated rings. The van der Waals surface area contributed by atoms with Crippen molar-refractivity contribution in [3.63, 3.8) is 0 Å². The summed E-state index contributed by atoms with van der Waals surface area (Å²) >= 11 is 0. The summed E-state index contributed by atoms with van der Waals surface area (Å²) in [4.78, 5) is 26.6. The molecular weight excluding hydrogens is 464 g/mol. The summed E-state index contributed by atoms with van der Waals surface area (Å²) in [5.41, 5.74) is 1.59. The first-order chi connectivity index (χ1) is 16.8. The van der Waals surface area contributed by atoms with Crippen LogP contribution in [-0.2, 0) is 10.0 Å². The van der Waals surface area contributed by atoms with E-state index in [1.54, 1.807) is 67.6 Å². The van der Waals surface area contributed by atoms with Crippen LogP contribution in [0.5, 0.6) is 11.5 Å². The van der Waals surface area contributed by atoms with Gasteiger partial charge in [0.15, 0.2) is 0 Å². The highest BCUT2D eigenvalue weighted by molar-refractivity contribution is 7.92. The van der Waals surface area contributed by atoms with E-state index in [-0.39, 0.29) is 10.6 Å². The fourth-order valence-corrected chi connectivity index (χ4v) is 5.19. The van der Waals surface area contributed by atoms with Crippen molar-refractivity contribution < 1.29 is 22.7 Å². The van der Waals surface area contributed by atoms with Crippen LogP contribution in [0.15, 0.2) is 102 Å². The largest absolute Gasteiger partial charge is 0.457 e. The van der Waals surface area contributed by atoms with Gasteiger partial charge in [-0.05, 0) is 73.2 Å². The van der Waals surface area contributed by atoms with Crippen LogP contribution in [0.4, 0.5) is 11.4 Å². The van der Waals surface area contributed by atoms with Gasteiger partial charge in [0.05, 0.1) is 21.7 Å². The van der Waals surface area contributed by atoms with Crippen LogP contribution in [0.1, 0.15) is 26.3 Å². The topological polar surface area (TPSA) is 92.8 Å². The lowest BCUT2D eigenvalue weighted by Gasteiger charge is -2.17. The molecule has 1 aliphatic heterocycles. The van der Waals surface area contributed by atoms with Gasteiger partial charge in [-0.3, -0.25) is 14.3 Å². The predicted octanol–water partition coefficient (Wildman–Crippen LogP) is 5.39. The van der Waals surface area contributed by atoms with Crippen LogP contribution in [-0.4, -0.2) is 20.2 Å². The number of para-hydroxylation sites is 1. The van der Waals surface area contributed by atoms with E-state index in [9.17, 15) is 18.0 Å². The lowest BCUT2D eigenvalue weighted by Crippen LogP contribution is -2.29. The highest BCUT2D eigenvalue weighted by Crippen LogP contribution is 2.32. The molecule has 0 radical (unpaired) electrons. The molecule has 0 atom stereocenters. The molecule has 0 bridgehead atoms. The molecular formula is C27H20N2O5S.